The summed E-state index contributed by atoms with van der Waals surface area (Å²) in [5, 5.41) is 0. The summed E-state index contributed by atoms with van der Waals surface area (Å²) in [7, 11) is 1.69. The van der Waals surface area contributed by atoms with Crippen LogP contribution in [0.25, 0.3) is 6.08 Å². The van der Waals surface area contributed by atoms with Crippen LogP contribution >= 0.6 is 0 Å². The summed E-state index contributed by atoms with van der Waals surface area (Å²) < 4.78 is 18.7. The van der Waals surface area contributed by atoms with Gasteiger partial charge in [-0.25, -0.2) is 0 Å². The largest absolute Gasteiger partial charge is 0.493 e. The van der Waals surface area contributed by atoms with Crippen molar-refractivity contribution in [2.24, 2.45) is 28.6 Å². The standard InChI is InChI=1S/C38H52NO5/c1-6-17-39(18-7-8-19-39)20-21-43-34-12-9-27(23-35(34)42-5)22-28-24-33-31-11-10-29-25-30(44-26(2)40)13-15-37(29,3)32(31)14-16-38(33,4)36(28)41/h6,9-10,12,22-23,30-33H,1,7-8,11,13-21,24-25H2,2-5H3/q+1/b28-22+/t30-,31+,32-,33-,37-,38-/m0/s1. The zero-order valence-corrected chi connectivity index (χ0v) is 27.4. The van der Waals surface area contributed by atoms with E-state index in [1.165, 1.54) is 38.4 Å². The molecule has 3 saturated carbocycles. The maximum atomic E-state index is 14.0. The van der Waals surface area contributed by atoms with Crippen LogP contribution in [0.2, 0.25) is 0 Å². The summed E-state index contributed by atoms with van der Waals surface area (Å²) in [6, 6.07) is 6.08. The fourth-order valence-corrected chi connectivity index (χ4v) is 9.98. The van der Waals surface area contributed by atoms with Crippen molar-refractivity contribution >= 4 is 17.8 Å². The normalized spacial score (nSPS) is 34.9. The molecule has 6 nitrogen and oxygen atoms in total. The van der Waals surface area contributed by atoms with Gasteiger partial charge in [-0.15, -0.1) is 0 Å². The number of quaternary nitrogens is 1. The SMILES string of the molecule is C=CC[N+]1(CCOc2ccc(/C=C3\C[C@H]4[C@@H]5CC=C6C[C@@H](OC(C)=O)CC[C@]6(C)[C@H]5CC[C@]4(C)C3=O)cc2OC)CCCC1. The highest BCUT2D eigenvalue weighted by atomic mass is 16.5. The quantitative estimate of drug-likeness (QED) is 0.128. The van der Waals surface area contributed by atoms with Gasteiger partial charge in [-0.2, -0.15) is 0 Å². The average Bonchev–Trinajstić information content (AvgIpc) is 3.56. The molecule has 6 rings (SSSR count). The van der Waals surface area contributed by atoms with Crippen molar-refractivity contribution in [3.05, 3.63) is 53.6 Å². The Morgan fingerprint density at radius 2 is 1.84 bits per heavy atom. The van der Waals surface area contributed by atoms with Crippen molar-refractivity contribution in [3.8, 4) is 11.5 Å². The van der Waals surface area contributed by atoms with Crippen molar-refractivity contribution in [2.45, 2.75) is 84.7 Å². The lowest BCUT2D eigenvalue weighted by molar-refractivity contribution is -0.911. The van der Waals surface area contributed by atoms with Crippen LogP contribution in [-0.4, -0.2) is 62.2 Å². The number of hydrogen-bond acceptors (Lipinski definition) is 5. The molecule has 6 atom stereocenters. The molecule has 1 aromatic carbocycles. The van der Waals surface area contributed by atoms with Gasteiger partial charge in [0.15, 0.2) is 17.3 Å². The number of benzene rings is 1. The van der Waals surface area contributed by atoms with Gasteiger partial charge in [0.1, 0.15) is 19.3 Å². The fraction of sp³-hybridized carbons (Fsp3) is 0.632. The highest BCUT2D eigenvalue weighted by molar-refractivity contribution is 6.06. The van der Waals surface area contributed by atoms with Gasteiger partial charge in [-0.1, -0.05) is 38.1 Å². The molecular weight excluding hydrogens is 550 g/mol. The van der Waals surface area contributed by atoms with Gasteiger partial charge in [0.05, 0.1) is 26.7 Å². The Morgan fingerprint density at radius 1 is 1.07 bits per heavy atom. The van der Waals surface area contributed by atoms with Gasteiger partial charge in [0.2, 0.25) is 0 Å². The molecule has 0 spiro atoms. The van der Waals surface area contributed by atoms with E-state index in [9.17, 15) is 9.59 Å². The van der Waals surface area contributed by atoms with Crippen LogP contribution in [0.1, 0.15) is 84.1 Å². The van der Waals surface area contributed by atoms with E-state index in [1.54, 1.807) is 7.11 Å². The van der Waals surface area contributed by atoms with Gasteiger partial charge >= 0.3 is 5.97 Å². The molecule has 4 aliphatic carbocycles. The maximum Gasteiger partial charge on any atom is 0.302 e. The van der Waals surface area contributed by atoms with Gasteiger partial charge in [0, 0.05) is 31.6 Å². The first-order valence-electron chi connectivity index (χ1n) is 17.0. The highest BCUT2D eigenvalue weighted by Gasteiger charge is 2.60. The predicted molar refractivity (Wildman–Crippen MR) is 173 cm³/mol. The molecule has 1 aromatic rings. The minimum Gasteiger partial charge on any atom is -0.493 e. The lowest BCUT2D eigenvalue weighted by atomic mass is 9.48. The van der Waals surface area contributed by atoms with E-state index in [1.807, 2.05) is 18.2 Å². The third-order valence-electron chi connectivity index (χ3n) is 12.4. The topological polar surface area (TPSA) is 61.8 Å². The number of rotatable bonds is 9. The molecule has 44 heavy (non-hydrogen) atoms. The number of fused-ring (bicyclic) bond motifs is 5. The van der Waals surface area contributed by atoms with Gasteiger partial charge in [-0.3, -0.25) is 9.59 Å². The van der Waals surface area contributed by atoms with Gasteiger partial charge in [-0.05, 0) is 97.1 Å². The van der Waals surface area contributed by atoms with Crippen LogP contribution in [0.5, 0.6) is 11.5 Å². The third-order valence-corrected chi connectivity index (χ3v) is 12.4. The predicted octanol–water partition coefficient (Wildman–Crippen LogP) is 7.33. The second kappa shape index (κ2) is 12.2. The summed E-state index contributed by atoms with van der Waals surface area (Å²) >= 11 is 0. The van der Waals surface area contributed by atoms with Crippen LogP contribution in [0.15, 0.2) is 48.1 Å². The van der Waals surface area contributed by atoms with Crippen molar-refractivity contribution in [2.75, 3.05) is 39.9 Å². The first-order valence-corrected chi connectivity index (χ1v) is 17.0. The third kappa shape index (κ3) is 5.57. The monoisotopic (exact) mass is 602 g/mol. The fourth-order valence-electron chi connectivity index (χ4n) is 9.98. The molecule has 0 bridgehead atoms. The molecule has 238 valence electrons. The Kier molecular flexibility index (Phi) is 8.60. The van der Waals surface area contributed by atoms with E-state index < -0.39 is 0 Å². The first-order chi connectivity index (χ1) is 21.1. The molecule has 4 fully saturated rings. The van der Waals surface area contributed by atoms with E-state index in [2.05, 4.69) is 38.6 Å². The minimum absolute atomic E-state index is 0.00830. The number of methoxy groups -OCH3 is 1. The van der Waals surface area contributed by atoms with Crippen LogP contribution in [0, 0.1) is 28.6 Å². The summed E-state index contributed by atoms with van der Waals surface area (Å²) in [6.07, 6.45) is 15.9. The molecule has 0 unspecified atom stereocenters. The molecule has 6 heteroatoms. The number of carbonyl (C=O) groups is 2. The average molecular weight is 603 g/mol. The number of allylic oxidation sites excluding steroid dienone is 2. The summed E-state index contributed by atoms with van der Waals surface area (Å²) in [5.74, 6) is 3.08. The number of ketones is 1. The Balaban J connectivity index is 1.16. The second-order valence-electron chi connectivity index (χ2n) is 14.8. The first kappa shape index (κ1) is 31.1. The van der Waals surface area contributed by atoms with Crippen LogP contribution < -0.4 is 9.47 Å². The van der Waals surface area contributed by atoms with Crippen LogP contribution in [-0.2, 0) is 14.3 Å². The van der Waals surface area contributed by atoms with E-state index in [0.717, 1.165) is 79.4 Å². The Morgan fingerprint density at radius 3 is 2.57 bits per heavy atom. The van der Waals surface area contributed by atoms with Crippen molar-refractivity contribution in [1.82, 2.24) is 0 Å². The lowest BCUT2D eigenvalue weighted by Gasteiger charge is -2.56. The number of Topliss-reactive ketones (excluding diaryl/α,β-unsaturated/α-hetero) is 1. The van der Waals surface area contributed by atoms with E-state index in [4.69, 9.17) is 14.2 Å². The minimum atomic E-state index is -0.295. The van der Waals surface area contributed by atoms with Crippen LogP contribution in [0.4, 0.5) is 0 Å². The second-order valence-corrected chi connectivity index (χ2v) is 14.8. The van der Waals surface area contributed by atoms with Crippen LogP contribution in [0.3, 0.4) is 0 Å². The molecule has 0 aromatic heterocycles. The van der Waals surface area contributed by atoms with Crippen molar-refractivity contribution < 1.29 is 28.3 Å². The van der Waals surface area contributed by atoms with Crippen molar-refractivity contribution in [3.63, 3.8) is 0 Å². The molecule has 1 aliphatic heterocycles. The van der Waals surface area contributed by atoms with Gasteiger partial charge in [0.25, 0.3) is 0 Å². The molecule has 0 radical (unpaired) electrons. The summed E-state index contributed by atoms with van der Waals surface area (Å²) in [6.45, 7) is 15.2. The number of hydrogen-bond donors (Lipinski definition) is 0. The molecule has 0 amide bonds. The number of ether oxygens (including phenoxy) is 3. The number of esters is 1. The lowest BCUT2D eigenvalue weighted by Crippen LogP contribution is -2.50. The zero-order chi connectivity index (χ0) is 31.1. The summed E-state index contributed by atoms with van der Waals surface area (Å²) in [4.78, 5) is 25.6. The Bertz CT molecular complexity index is 1350. The molecule has 1 heterocycles. The van der Waals surface area contributed by atoms with Crippen molar-refractivity contribution in [1.29, 1.82) is 0 Å². The number of nitrogens with zero attached hydrogens (tertiary/aromatic N) is 1. The smallest absolute Gasteiger partial charge is 0.302 e. The molecule has 0 N–H and O–H groups in total. The van der Waals surface area contributed by atoms with E-state index in [0.29, 0.717) is 35.9 Å². The Labute approximate surface area is 264 Å². The zero-order valence-electron chi connectivity index (χ0n) is 27.4. The van der Waals surface area contributed by atoms with Gasteiger partial charge < -0.3 is 18.7 Å². The molecule has 5 aliphatic rings. The van der Waals surface area contributed by atoms with E-state index in [-0.39, 0.29) is 22.9 Å². The van der Waals surface area contributed by atoms with E-state index >= 15 is 0 Å². The number of likely N-dealkylation sites (tertiary alicyclic amines) is 1. The number of carbonyl (C=O) groups excluding carboxylic acids is 2. The Hall–Kier alpha value is -2.86. The molecular formula is C38H52NO5+. The maximum absolute atomic E-state index is 14.0. The highest BCUT2D eigenvalue weighted by Crippen LogP contribution is 2.65. The summed E-state index contributed by atoms with van der Waals surface area (Å²) in [5.41, 5.74) is 3.27. The molecule has 1 saturated heterocycles.